The molecule has 0 aromatic heterocycles. The van der Waals surface area contributed by atoms with Crippen LogP contribution in [0.1, 0.15) is 37.3 Å². The normalized spacial score (nSPS) is 19.8. The van der Waals surface area contributed by atoms with Crippen molar-refractivity contribution in [3.63, 3.8) is 0 Å². The molecule has 1 saturated carbocycles. The average molecular weight is 253 g/mol. The molecule has 18 heavy (non-hydrogen) atoms. The van der Waals surface area contributed by atoms with Crippen LogP contribution in [0.3, 0.4) is 0 Å². The summed E-state index contributed by atoms with van der Waals surface area (Å²) in [7, 11) is 1.41. The van der Waals surface area contributed by atoms with E-state index in [0.29, 0.717) is 5.56 Å². The van der Waals surface area contributed by atoms with E-state index in [-0.39, 0.29) is 11.7 Å². The van der Waals surface area contributed by atoms with E-state index in [1.54, 1.807) is 12.1 Å². The molecule has 0 amide bonds. The Kier molecular flexibility index (Phi) is 4.19. The molecule has 0 saturated heterocycles. The maximum Gasteiger partial charge on any atom is 0.165 e. The van der Waals surface area contributed by atoms with Crippen LogP contribution in [0.15, 0.2) is 18.2 Å². The van der Waals surface area contributed by atoms with Crippen molar-refractivity contribution in [1.29, 1.82) is 0 Å². The predicted molar refractivity (Wildman–Crippen MR) is 67.8 cm³/mol. The fraction of sp³-hybridized carbons (Fsp3) is 0.571. The lowest BCUT2D eigenvalue weighted by Gasteiger charge is -2.25. The van der Waals surface area contributed by atoms with Gasteiger partial charge in [0.1, 0.15) is 0 Å². The minimum atomic E-state index is -0.636. The number of aliphatic hydroxyl groups is 1. The van der Waals surface area contributed by atoms with Crippen LogP contribution in [0.4, 0.5) is 4.39 Å². The zero-order valence-electron chi connectivity index (χ0n) is 10.6. The van der Waals surface area contributed by atoms with Crippen molar-refractivity contribution in [3.8, 4) is 5.75 Å². The molecule has 1 aromatic rings. The molecule has 0 bridgehead atoms. The van der Waals surface area contributed by atoms with Crippen molar-refractivity contribution in [2.45, 2.75) is 37.8 Å². The molecule has 3 N–H and O–H groups in total. The van der Waals surface area contributed by atoms with E-state index >= 15 is 0 Å². The second kappa shape index (κ2) is 5.67. The highest BCUT2D eigenvalue weighted by Gasteiger charge is 2.30. The van der Waals surface area contributed by atoms with E-state index in [2.05, 4.69) is 0 Å². The van der Waals surface area contributed by atoms with Crippen molar-refractivity contribution in [1.82, 2.24) is 0 Å². The summed E-state index contributed by atoms with van der Waals surface area (Å²) in [6.07, 6.45) is 3.62. The molecular formula is C14H20FNO2. The van der Waals surface area contributed by atoms with Crippen LogP contribution in [0.25, 0.3) is 0 Å². The lowest BCUT2D eigenvalue weighted by atomic mass is 9.90. The molecule has 1 aliphatic carbocycles. The van der Waals surface area contributed by atoms with Gasteiger partial charge < -0.3 is 15.6 Å². The van der Waals surface area contributed by atoms with Gasteiger partial charge in [0.15, 0.2) is 11.6 Å². The summed E-state index contributed by atoms with van der Waals surface area (Å²) in [5.41, 5.74) is 6.61. The number of benzene rings is 1. The van der Waals surface area contributed by atoms with Crippen LogP contribution >= 0.6 is 0 Å². The second-order valence-electron chi connectivity index (χ2n) is 4.92. The number of hydrogen-bond donors (Lipinski definition) is 2. The summed E-state index contributed by atoms with van der Waals surface area (Å²) >= 11 is 0. The molecule has 2 atom stereocenters. The van der Waals surface area contributed by atoms with Crippen molar-refractivity contribution < 1.29 is 14.2 Å². The number of aliphatic hydroxyl groups excluding tert-OH is 1. The summed E-state index contributed by atoms with van der Waals surface area (Å²) in [5, 5.41) is 10.3. The van der Waals surface area contributed by atoms with Crippen LogP contribution in [0.5, 0.6) is 5.75 Å². The molecule has 100 valence electrons. The monoisotopic (exact) mass is 253 g/mol. The minimum Gasteiger partial charge on any atom is -0.493 e. The first-order chi connectivity index (χ1) is 8.65. The average Bonchev–Trinajstić information content (AvgIpc) is 2.90. The van der Waals surface area contributed by atoms with Gasteiger partial charge in [0, 0.05) is 5.56 Å². The molecular weight excluding hydrogens is 233 g/mol. The van der Waals surface area contributed by atoms with Crippen molar-refractivity contribution in [3.05, 3.63) is 29.6 Å². The first-order valence-corrected chi connectivity index (χ1v) is 6.41. The Morgan fingerprint density at radius 3 is 2.67 bits per heavy atom. The van der Waals surface area contributed by atoms with E-state index in [4.69, 9.17) is 10.5 Å². The molecule has 0 unspecified atom stereocenters. The Balaban J connectivity index is 2.22. The molecule has 0 aliphatic heterocycles. The molecule has 0 heterocycles. The first-order valence-electron chi connectivity index (χ1n) is 6.41. The van der Waals surface area contributed by atoms with Gasteiger partial charge in [-0.2, -0.15) is 0 Å². The summed E-state index contributed by atoms with van der Waals surface area (Å²) in [6, 6.07) is 4.04. The van der Waals surface area contributed by atoms with Crippen molar-refractivity contribution in [2.75, 3.05) is 7.11 Å². The zero-order valence-corrected chi connectivity index (χ0v) is 10.6. The van der Waals surface area contributed by atoms with Gasteiger partial charge in [0.05, 0.1) is 19.3 Å². The van der Waals surface area contributed by atoms with Crippen LogP contribution in [-0.4, -0.2) is 18.3 Å². The van der Waals surface area contributed by atoms with Gasteiger partial charge in [-0.1, -0.05) is 25.0 Å². The van der Waals surface area contributed by atoms with Gasteiger partial charge in [0.2, 0.25) is 0 Å². The fourth-order valence-corrected chi connectivity index (χ4v) is 2.78. The van der Waals surface area contributed by atoms with Crippen molar-refractivity contribution >= 4 is 0 Å². The zero-order chi connectivity index (χ0) is 13.1. The number of rotatable bonds is 4. The Hall–Kier alpha value is -1.13. The van der Waals surface area contributed by atoms with Gasteiger partial charge in [-0.15, -0.1) is 0 Å². The third kappa shape index (κ3) is 2.49. The number of para-hydroxylation sites is 1. The number of hydrogen-bond acceptors (Lipinski definition) is 3. The lowest BCUT2D eigenvalue weighted by molar-refractivity contribution is 0.0834. The quantitative estimate of drug-likeness (QED) is 0.866. The molecule has 0 radical (unpaired) electrons. The lowest BCUT2D eigenvalue weighted by Crippen LogP contribution is -2.32. The summed E-state index contributed by atoms with van der Waals surface area (Å²) < 4.78 is 18.6. The van der Waals surface area contributed by atoms with Crippen LogP contribution in [0.2, 0.25) is 0 Å². The third-order valence-electron chi connectivity index (χ3n) is 3.81. The third-order valence-corrected chi connectivity index (χ3v) is 3.81. The van der Waals surface area contributed by atoms with Crippen molar-refractivity contribution in [2.24, 2.45) is 11.7 Å². The summed E-state index contributed by atoms with van der Waals surface area (Å²) in [4.78, 5) is 0. The number of methoxy groups -OCH3 is 1. The molecule has 1 aliphatic rings. The smallest absolute Gasteiger partial charge is 0.165 e. The molecule has 1 aromatic carbocycles. The van der Waals surface area contributed by atoms with Gasteiger partial charge in [-0.25, -0.2) is 4.39 Å². The number of halogens is 1. The second-order valence-corrected chi connectivity index (χ2v) is 4.92. The van der Waals surface area contributed by atoms with E-state index in [9.17, 15) is 9.50 Å². The highest BCUT2D eigenvalue weighted by Crippen LogP contribution is 2.35. The standard InChI is InChI=1S/C14H20FNO2/c1-18-14-10(7-4-8-11(14)15)12(16)13(17)9-5-2-3-6-9/h4,7-9,12-13,17H,2-3,5-6,16H2,1H3/t12-,13+/m1/s1. The maximum atomic E-state index is 13.6. The van der Waals surface area contributed by atoms with Gasteiger partial charge in [-0.05, 0) is 24.8 Å². The van der Waals surface area contributed by atoms with Gasteiger partial charge in [-0.3, -0.25) is 0 Å². The highest BCUT2D eigenvalue weighted by atomic mass is 19.1. The number of nitrogens with two attached hydrogens (primary N) is 1. The van der Waals surface area contributed by atoms with Gasteiger partial charge >= 0.3 is 0 Å². The highest BCUT2D eigenvalue weighted by molar-refractivity contribution is 5.37. The first kappa shape index (κ1) is 13.3. The summed E-state index contributed by atoms with van der Waals surface area (Å²) in [6.45, 7) is 0. The van der Waals surface area contributed by atoms with E-state index in [1.807, 2.05) is 0 Å². The molecule has 3 nitrogen and oxygen atoms in total. The fourth-order valence-electron chi connectivity index (χ4n) is 2.78. The minimum absolute atomic E-state index is 0.141. The predicted octanol–water partition coefficient (Wildman–Crippen LogP) is 2.39. The Labute approximate surface area is 107 Å². The SMILES string of the molecule is COc1c(F)cccc1[C@@H](N)[C@@H](O)C1CCCC1. The van der Waals surface area contributed by atoms with E-state index < -0.39 is 18.0 Å². The summed E-state index contributed by atoms with van der Waals surface area (Å²) in [5.74, 6) is -0.0842. The molecule has 4 heteroatoms. The molecule has 1 fully saturated rings. The Morgan fingerprint density at radius 1 is 1.39 bits per heavy atom. The number of ether oxygens (including phenoxy) is 1. The molecule has 2 rings (SSSR count). The largest absolute Gasteiger partial charge is 0.493 e. The van der Waals surface area contributed by atoms with E-state index in [0.717, 1.165) is 25.7 Å². The Morgan fingerprint density at radius 2 is 2.06 bits per heavy atom. The molecule has 0 spiro atoms. The van der Waals surface area contributed by atoms with Gasteiger partial charge in [0.25, 0.3) is 0 Å². The van der Waals surface area contributed by atoms with Crippen LogP contribution in [0, 0.1) is 11.7 Å². The van der Waals surface area contributed by atoms with Crippen LogP contribution in [-0.2, 0) is 0 Å². The van der Waals surface area contributed by atoms with E-state index in [1.165, 1.54) is 13.2 Å². The Bertz CT molecular complexity index is 405. The maximum absolute atomic E-state index is 13.6. The topological polar surface area (TPSA) is 55.5 Å². The van der Waals surface area contributed by atoms with Crippen LogP contribution < -0.4 is 10.5 Å².